The number of benzene rings is 1. The van der Waals surface area contributed by atoms with Gasteiger partial charge in [0.1, 0.15) is 5.65 Å². The monoisotopic (exact) mass is 330 g/mol. The van der Waals surface area contributed by atoms with E-state index in [1.165, 1.54) is 17.7 Å². The first-order chi connectivity index (χ1) is 11.8. The number of nitrogens with zero attached hydrogens (tertiary/aromatic N) is 2. The van der Waals surface area contributed by atoms with Gasteiger partial charge in [0, 0.05) is 28.3 Å². The molecule has 126 valence electrons. The number of hydrogen-bond donors (Lipinski definition) is 0. The number of pyridine rings is 1. The molecule has 2 fully saturated rings. The molecular weight excluding hydrogens is 308 g/mol. The topological polar surface area (TPSA) is 34.4 Å². The molecule has 3 aliphatic rings. The molecule has 3 aromatic rings. The third-order valence-corrected chi connectivity index (χ3v) is 8.38. The maximum Gasteiger partial charge on any atom is 0.277 e. The maximum atomic E-state index is 13.1. The predicted molar refractivity (Wildman–Crippen MR) is 99.2 cm³/mol. The molecule has 3 nitrogen and oxygen atoms in total. The molecule has 4 unspecified atom stereocenters. The summed E-state index contributed by atoms with van der Waals surface area (Å²) >= 11 is 0. The molecule has 0 radical (unpaired) electrons. The van der Waals surface area contributed by atoms with E-state index in [1.54, 1.807) is 0 Å². The second-order valence-electron chi connectivity index (χ2n) is 9.31. The molecule has 25 heavy (non-hydrogen) atoms. The van der Waals surface area contributed by atoms with Gasteiger partial charge in [-0.25, -0.2) is 0 Å². The van der Waals surface area contributed by atoms with Crippen LogP contribution in [-0.2, 0) is 5.41 Å². The van der Waals surface area contributed by atoms with Crippen LogP contribution in [0, 0.1) is 17.8 Å². The van der Waals surface area contributed by atoms with Crippen LogP contribution in [0.4, 0.5) is 0 Å². The zero-order valence-corrected chi connectivity index (χ0v) is 15.2. The van der Waals surface area contributed by atoms with Gasteiger partial charge in [-0.1, -0.05) is 44.5 Å². The summed E-state index contributed by atoms with van der Waals surface area (Å²) in [5.74, 6) is 0.386. The van der Waals surface area contributed by atoms with Crippen molar-refractivity contribution in [2.45, 2.75) is 51.9 Å². The van der Waals surface area contributed by atoms with Crippen LogP contribution in [0.3, 0.4) is 0 Å². The van der Waals surface area contributed by atoms with Crippen LogP contribution in [0.15, 0.2) is 35.3 Å². The lowest BCUT2D eigenvalue weighted by Gasteiger charge is -2.75. The van der Waals surface area contributed by atoms with E-state index in [2.05, 4.69) is 67.5 Å². The highest BCUT2D eigenvalue weighted by Gasteiger charge is 2.81. The molecule has 2 heterocycles. The van der Waals surface area contributed by atoms with Gasteiger partial charge < -0.3 is 4.40 Å². The van der Waals surface area contributed by atoms with Crippen molar-refractivity contribution in [3.05, 3.63) is 57.6 Å². The zero-order valence-electron chi connectivity index (χ0n) is 15.2. The molecule has 3 heteroatoms. The summed E-state index contributed by atoms with van der Waals surface area (Å²) in [6.45, 7) is 9.28. The Morgan fingerprint density at radius 1 is 1.20 bits per heavy atom. The summed E-state index contributed by atoms with van der Waals surface area (Å²) in [7, 11) is 0. The van der Waals surface area contributed by atoms with Gasteiger partial charge in [-0.05, 0) is 48.0 Å². The van der Waals surface area contributed by atoms with Crippen molar-refractivity contribution in [3.8, 4) is 0 Å². The van der Waals surface area contributed by atoms with Gasteiger partial charge in [0.2, 0.25) is 0 Å². The van der Waals surface area contributed by atoms with Gasteiger partial charge in [0.25, 0.3) is 5.56 Å². The molecular formula is C22H22N2O. The third kappa shape index (κ3) is 1.19. The summed E-state index contributed by atoms with van der Waals surface area (Å²) in [6, 6.07) is 8.56. The number of aromatic nitrogens is 2. The van der Waals surface area contributed by atoms with Gasteiger partial charge >= 0.3 is 0 Å². The summed E-state index contributed by atoms with van der Waals surface area (Å²) < 4.78 is 2.23. The number of rotatable bonds is 0. The highest BCUT2D eigenvalue weighted by atomic mass is 16.1. The van der Waals surface area contributed by atoms with Crippen LogP contribution >= 0.6 is 0 Å². The zero-order chi connectivity index (χ0) is 17.4. The van der Waals surface area contributed by atoms with E-state index < -0.39 is 0 Å². The Kier molecular flexibility index (Phi) is 2.06. The van der Waals surface area contributed by atoms with Crippen LogP contribution in [0.2, 0.25) is 0 Å². The fourth-order valence-electron chi connectivity index (χ4n) is 6.98. The SMILES string of the molecule is Cc1ccc2c(ccn3c4c(c(=O)nc23)C2CC3(C)CC4(C)C23C)c1. The van der Waals surface area contributed by atoms with Crippen molar-refractivity contribution >= 4 is 16.4 Å². The Morgan fingerprint density at radius 3 is 2.76 bits per heavy atom. The molecule has 2 aromatic heterocycles. The fraction of sp³-hybridized carbons (Fsp3) is 0.455. The van der Waals surface area contributed by atoms with Crippen molar-refractivity contribution in [2.75, 3.05) is 0 Å². The lowest BCUT2D eigenvalue weighted by atomic mass is 9.28. The van der Waals surface area contributed by atoms with E-state index in [0.29, 0.717) is 11.3 Å². The Labute approximate surface area is 146 Å². The molecule has 4 atom stereocenters. The van der Waals surface area contributed by atoms with E-state index in [0.717, 1.165) is 28.4 Å². The van der Waals surface area contributed by atoms with Crippen molar-refractivity contribution in [2.24, 2.45) is 10.8 Å². The summed E-state index contributed by atoms with van der Waals surface area (Å²) in [5.41, 5.74) is 4.99. The quantitative estimate of drug-likeness (QED) is 0.575. The summed E-state index contributed by atoms with van der Waals surface area (Å²) in [4.78, 5) is 17.6. The van der Waals surface area contributed by atoms with Crippen LogP contribution in [0.25, 0.3) is 16.4 Å². The summed E-state index contributed by atoms with van der Waals surface area (Å²) in [6.07, 6.45) is 4.46. The van der Waals surface area contributed by atoms with Crippen LogP contribution in [0.1, 0.15) is 56.4 Å². The van der Waals surface area contributed by atoms with E-state index in [-0.39, 0.29) is 16.4 Å². The maximum absolute atomic E-state index is 13.1. The molecule has 6 rings (SSSR count). The fourth-order valence-corrected chi connectivity index (χ4v) is 6.98. The molecule has 0 spiro atoms. The lowest BCUT2D eigenvalue weighted by Crippen LogP contribution is -2.70. The Hall–Kier alpha value is -2.16. The van der Waals surface area contributed by atoms with E-state index in [1.807, 2.05) is 0 Å². The second-order valence-corrected chi connectivity index (χ2v) is 9.31. The normalized spacial score (nSPS) is 37.5. The largest absolute Gasteiger partial charge is 0.304 e. The van der Waals surface area contributed by atoms with Gasteiger partial charge in [-0.3, -0.25) is 4.79 Å². The van der Waals surface area contributed by atoms with Crippen molar-refractivity contribution in [1.82, 2.24) is 9.38 Å². The average Bonchev–Trinajstić information content (AvgIpc) is 2.65. The van der Waals surface area contributed by atoms with Gasteiger partial charge in [-0.2, -0.15) is 4.98 Å². The first kappa shape index (κ1) is 14.1. The van der Waals surface area contributed by atoms with E-state index >= 15 is 0 Å². The second kappa shape index (κ2) is 3.67. The van der Waals surface area contributed by atoms with Gasteiger partial charge in [-0.15, -0.1) is 0 Å². The molecule has 0 saturated heterocycles. The molecule has 0 aliphatic heterocycles. The van der Waals surface area contributed by atoms with Gasteiger partial charge in [0.15, 0.2) is 0 Å². The average molecular weight is 330 g/mol. The highest BCUT2D eigenvalue weighted by Crippen LogP contribution is 2.86. The minimum absolute atomic E-state index is 0.00646. The Balaban J connectivity index is 1.79. The molecule has 0 N–H and O–H groups in total. The first-order valence-electron chi connectivity index (χ1n) is 9.26. The van der Waals surface area contributed by atoms with Crippen molar-refractivity contribution < 1.29 is 0 Å². The van der Waals surface area contributed by atoms with E-state index in [9.17, 15) is 4.79 Å². The molecule has 0 amide bonds. The van der Waals surface area contributed by atoms with Crippen LogP contribution < -0.4 is 5.56 Å². The number of aryl methyl sites for hydroxylation is 1. The van der Waals surface area contributed by atoms with Crippen molar-refractivity contribution in [1.29, 1.82) is 0 Å². The van der Waals surface area contributed by atoms with E-state index in [4.69, 9.17) is 0 Å². The standard InChI is InChI=1S/C22H22N2O/c1-12-5-6-14-13(9-12)7-8-24-17-16(19(25)23-18(14)24)15-10-20(2)11-21(17,3)22(15,20)4/h5-9,15H,10-11H2,1-4H3. The molecule has 3 aliphatic carbocycles. The number of fused-ring (bicyclic) bond motifs is 7. The van der Waals surface area contributed by atoms with Gasteiger partial charge in [0.05, 0.1) is 0 Å². The molecule has 0 bridgehead atoms. The highest BCUT2D eigenvalue weighted by molar-refractivity contribution is 5.94. The minimum atomic E-state index is 0.00646. The van der Waals surface area contributed by atoms with Crippen LogP contribution in [-0.4, -0.2) is 9.38 Å². The third-order valence-electron chi connectivity index (χ3n) is 8.38. The number of hydrogen-bond acceptors (Lipinski definition) is 2. The van der Waals surface area contributed by atoms with Crippen LogP contribution in [0.5, 0.6) is 0 Å². The molecule has 2 saturated carbocycles. The smallest absolute Gasteiger partial charge is 0.277 e. The Morgan fingerprint density at radius 2 is 2.00 bits per heavy atom. The Bertz CT molecular complexity index is 1190. The minimum Gasteiger partial charge on any atom is -0.304 e. The first-order valence-corrected chi connectivity index (χ1v) is 9.26. The molecule has 1 aromatic carbocycles. The summed E-state index contributed by atoms with van der Waals surface area (Å²) in [5, 5.41) is 2.23. The predicted octanol–water partition coefficient (Wildman–Crippen LogP) is 4.33. The van der Waals surface area contributed by atoms with Crippen molar-refractivity contribution in [3.63, 3.8) is 0 Å². The lowest BCUT2D eigenvalue weighted by molar-refractivity contribution is -0.228.